The monoisotopic (exact) mass is 429 g/mol. The molecule has 0 saturated heterocycles. The van der Waals surface area contributed by atoms with Gasteiger partial charge in [-0.25, -0.2) is 8.78 Å². The van der Waals surface area contributed by atoms with E-state index < -0.39 is 23.0 Å². The van der Waals surface area contributed by atoms with E-state index in [-0.39, 0.29) is 11.3 Å². The summed E-state index contributed by atoms with van der Waals surface area (Å²) in [5.74, 6) is -2.04. The summed E-state index contributed by atoms with van der Waals surface area (Å²) in [4.78, 5) is 15.4. The van der Waals surface area contributed by atoms with Gasteiger partial charge >= 0.3 is 0 Å². The first-order valence-electron chi connectivity index (χ1n) is 10.9. The Morgan fingerprint density at radius 1 is 1.03 bits per heavy atom. The predicted molar refractivity (Wildman–Crippen MR) is 118 cm³/mol. The lowest BCUT2D eigenvalue weighted by Crippen LogP contribution is -2.28. The molecule has 0 atom stereocenters. The molecular formula is C25H29F2NO3. The van der Waals surface area contributed by atoms with Gasteiger partial charge in [0.15, 0.2) is 0 Å². The second kappa shape index (κ2) is 10.5. The van der Waals surface area contributed by atoms with Crippen LogP contribution in [0.25, 0.3) is 11.0 Å². The number of aryl methyl sites for hydroxylation is 1. The highest BCUT2D eigenvalue weighted by Crippen LogP contribution is 2.31. The van der Waals surface area contributed by atoms with Gasteiger partial charge in [-0.1, -0.05) is 45.4 Å². The van der Waals surface area contributed by atoms with Crippen LogP contribution in [0.1, 0.15) is 55.3 Å². The van der Waals surface area contributed by atoms with Gasteiger partial charge in [0.05, 0.1) is 11.1 Å². The van der Waals surface area contributed by atoms with Crippen molar-refractivity contribution in [1.82, 2.24) is 4.90 Å². The number of hydrogen-bond acceptors (Lipinski definition) is 4. The van der Waals surface area contributed by atoms with Crippen molar-refractivity contribution in [2.24, 2.45) is 0 Å². The first kappa shape index (κ1) is 22.9. The number of likely N-dealkylation sites (N-methyl/N-ethyl adjacent to an activating group) is 1. The van der Waals surface area contributed by atoms with Crippen molar-refractivity contribution in [3.05, 3.63) is 64.9 Å². The number of halogens is 2. The van der Waals surface area contributed by atoms with Crippen LogP contribution in [0.2, 0.25) is 0 Å². The normalized spacial score (nSPS) is 11.4. The molecule has 0 saturated carbocycles. The Hall–Kier alpha value is -2.73. The van der Waals surface area contributed by atoms with Crippen molar-refractivity contribution in [1.29, 1.82) is 0 Å². The molecule has 0 aliphatic carbocycles. The van der Waals surface area contributed by atoms with Crippen LogP contribution < -0.4 is 4.74 Å². The standard InChI is InChI=1S/C25H29F2NO3/c1-4-7-11-22-23(18-10-8-9-12-21(18)31-22)25(29)24-19(26)15-17(16-20(24)27)30-14-13-28(5-2)6-3/h8-10,12,15-16H,4-7,11,13-14H2,1-3H3. The van der Waals surface area contributed by atoms with E-state index in [9.17, 15) is 13.6 Å². The van der Waals surface area contributed by atoms with Gasteiger partial charge in [0, 0.05) is 30.5 Å². The number of rotatable bonds is 11. The maximum atomic E-state index is 14.9. The molecule has 166 valence electrons. The molecule has 6 heteroatoms. The summed E-state index contributed by atoms with van der Waals surface area (Å²) in [6.07, 6.45) is 2.25. The number of benzene rings is 2. The third-order valence-electron chi connectivity index (χ3n) is 5.47. The van der Waals surface area contributed by atoms with Crippen LogP contribution in [0, 0.1) is 11.6 Å². The van der Waals surface area contributed by atoms with Gasteiger partial charge in [0.2, 0.25) is 5.78 Å². The quantitative estimate of drug-likeness (QED) is 0.350. The second-order valence-corrected chi connectivity index (χ2v) is 7.47. The zero-order chi connectivity index (χ0) is 22.4. The van der Waals surface area contributed by atoms with Gasteiger partial charge in [0.25, 0.3) is 0 Å². The summed E-state index contributed by atoms with van der Waals surface area (Å²) in [5.41, 5.74) is 0.187. The Morgan fingerprint density at radius 2 is 1.71 bits per heavy atom. The van der Waals surface area contributed by atoms with Crippen molar-refractivity contribution in [2.75, 3.05) is 26.2 Å². The third kappa shape index (κ3) is 5.13. The van der Waals surface area contributed by atoms with E-state index in [1.807, 2.05) is 20.8 Å². The first-order chi connectivity index (χ1) is 15.0. The highest BCUT2D eigenvalue weighted by molar-refractivity contribution is 6.17. The average molecular weight is 430 g/mol. The number of furan rings is 1. The summed E-state index contributed by atoms with van der Waals surface area (Å²) < 4.78 is 41.1. The molecule has 1 heterocycles. The van der Waals surface area contributed by atoms with Gasteiger partial charge in [0.1, 0.15) is 35.3 Å². The van der Waals surface area contributed by atoms with Gasteiger partial charge in [-0.2, -0.15) is 0 Å². The van der Waals surface area contributed by atoms with Crippen LogP contribution in [0.3, 0.4) is 0 Å². The SMILES string of the molecule is CCCCc1oc2ccccc2c1C(=O)c1c(F)cc(OCCN(CC)CC)cc1F. The molecular weight excluding hydrogens is 400 g/mol. The molecule has 0 bridgehead atoms. The second-order valence-electron chi connectivity index (χ2n) is 7.47. The van der Waals surface area contributed by atoms with Crippen LogP contribution in [0.5, 0.6) is 5.75 Å². The zero-order valence-corrected chi connectivity index (χ0v) is 18.3. The number of carbonyl (C=O) groups excluding carboxylic acids is 1. The van der Waals surface area contributed by atoms with E-state index in [4.69, 9.17) is 9.15 Å². The lowest BCUT2D eigenvalue weighted by Gasteiger charge is -2.18. The Morgan fingerprint density at radius 3 is 2.35 bits per heavy atom. The molecule has 0 aliphatic heterocycles. The highest BCUT2D eigenvalue weighted by atomic mass is 19.1. The van der Waals surface area contributed by atoms with Gasteiger partial charge in [-0.05, 0) is 25.6 Å². The van der Waals surface area contributed by atoms with E-state index in [0.29, 0.717) is 36.3 Å². The van der Waals surface area contributed by atoms with Crippen LogP contribution in [0.15, 0.2) is 40.8 Å². The fourth-order valence-electron chi connectivity index (χ4n) is 3.67. The number of carbonyl (C=O) groups is 1. The summed E-state index contributed by atoms with van der Waals surface area (Å²) in [6.45, 7) is 8.81. The lowest BCUT2D eigenvalue weighted by molar-refractivity contribution is 0.103. The maximum Gasteiger partial charge on any atom is 0.203 e. The minimum absolute atomic E-state index is 0.0713. The Labute approximate surface area is 181 Å². The smallest absolute Gasteiger partial charge is 0.203 e. The molecule has 31 heavy (non-hydrogen) atoms. The van der Waals surface area contributed by atoms with Gasteiger partial charge in [-0.3, -0.25) is 4.79 Å². The Balaban J connectivity index is 1.90. The van der Waals surface area contributed by atoms with Crippen LogP contribution in [0.4, 0.5) is 8.78 Å². The van der Waals surface area contributed by atoms with Crippen molar-refractivity contribution in [2.45, 2.75) is 40.0 Å². The van der Waals surface area contributed by atoms with Crippen LogP contribution in [-0.4, -0.2) is 36.9 Å². The summed E-state index contributed by atoms with van der Waals surface area (Å²) in [7, 11) is 0. The number of hydrogen-bond donors (Lipinski definition) is 0. The maximum absolute atomic E-state index is 14.9. The first-order valence-corrected chi connectivity index (χ1v) is 10.9. The molecule has 0 unspecified atom stereocenters. The highest BCUT2D eigenvalue weighted by Gasteiger charge is 2.27. The molecule has 0 aliphatic rings. The molecule has 0 radical (unpaired) electrons. The van der Waals surface area contributed by atoms with Crippen molar-refractivity contribution in [3.63, 3.8) is 0 Å². The number of unbranched alkanes of at least 4 members (excludes halogenated alkanes) is 1. The topological polar surface area (TPSA) is 42.7 Å². The van der Waals surface area contributed by atoms with Gasteiger partial charge < -0.3 is 14.1 Å². The zero-order valence-electron chi connectivity index (χ0n) is 18.3. The van der Waals surface area contributed by atoms with E-state index >= 15 is 0 Å². The minimum atomic E-state index is -0.936. The van der Waals surface area contributed by atoms with Gasteiger partial charge in [-0.15, -0.1) is 0 Å². The third-order valence-corrected chi connectivity index (χ3v) is 5.47. The number of ether oxygens (including phenoxy) is 1. The number of fused-ring (bicyclic) bond motifs is 1. The lowest BCUT2D eigenvalue weighted by atomic mass is 9.97. The van der Waals surface area contributed by atoms with E-state index in [1.54, 1.807) is 24.3 Å². The van der Waals surface area contributed by atoms with E-state index in [0.717, 1.165) is 38.1 Å². The summed E-state index contributed by atoms with van der Waals surface area (Å²) in [6, 6.07) is 9.22. The Kier molecular flexibility index (Phi) is 7.80. The van der Waals surface area contributed by atoms with Crippen LogP contribution >= 0.6 is 0 Å². The predicted octanol–water partition coefficient (Wildman–Crippen LogP) is 6.01. The molecule has 0 amide bonds. The van der Waals surface area contributed by atoms with E-state index in [2.05, 4.69) is 4.90 Å². The Bertz CT molecular complexity index is 1020. The summed E-state index contributed by atoms with van der Waals surface area (Å²) in [5, 5.41) is 0.567. The van der Waals surface area contributed by atoms with Crippen molar-refractivity contribution in [3.8, 4) is 5.75 Å². The van der Waals surface area contributed by atoms with E-state index in [1.165, 1.54) is 0 Å². The van der Waals surface area contributed by atoms with Crippen molar-refractivity contribution < 1.29 is 22.7 Å². The summed E-state index contributed by atoms with van der Waals surface area (Å²) >= 11 is 0. The minimum Gasteiger partial charge on any atom is -0.492 e. The number of ketones is 1. The molecule has 0 spiro atoms. The molecule has 3 rings (SSSR count). The largest absolute Gasteiger partial charge is 0.492 e. The molecule has 2 aromatic carbocycles. The fourth-order valence-corrected chi connectivity index (χ4v) is 3.67. The molecule has 1 aromatic heterocycles. The number of para-hydroxylation sites is 1. The van der Waals surface area contributed by atoms with Crippen LogP contribution in [-0.2, 0) is 6.42 Å². The van der Waals surface area contributed by atoms with Crippen molar-refractivity contribution >= 4 is 16.8 Å². The molecule has 4 nitrogen and oxygen atoms in total. The average Bonchev–Trinajstić information content (AvgIpc) is 3.13. The number of nitrogens with zero attached hydrogens (tertiary/aromatic N) is 1. The molecule has 0 fully saturated rings. The molecule has 3 aromatic rings. The fraction of sp³-hybridized carbons (Fsp3) is 0.400. The molecule has 0 N–H and O–H groups in total.